The van der Waals surface area contributed by atoms with Gasteiger partial charge in [-0.25, -0.2) is 4.79 Å². The van der Waals surface area contributed by atoms with Gasteiger partial charge < -0.3 is 15.4 Å². The van der Waals surface area contributed by atoms with Crippen molar-refractivity contribution in [2.24, 2.45) is 0 Å². The van der Waals surface area contributed by atoms with Crippen LogP contribution >= 0.6 is 31.9 Å². The Balaban J connectivity index is 1.61. The van der Waals surface area contributed by atoms with Crippen molar-refractivity contribution in [3.05, 3.63) is 62.5 Å². The van der Waals surface area contributed by atoms with Gasteiger partial charge in [-0.3, -0.25) is 0 Å². The number of benzene rings is 2. The van der Waals surface area contributed by atoms with E-state index in [2.05, 4.69) is 75.4 Å². The van der Waals surface area contributed by atoms with Crippen LogP contribution in [0.25, 0.3) is 0 Å². The van der Waals surface area contributed by atoms with Crippen LogP contribution in [0.3, 0.4) is 0 Å². The monoisotopic (exact) mass is 510 g/mol. The minimum atomic E-state index is -0.146. The molecule has 0 aliphatic rings. The molecule has 2 amide bonds. The minimum absolute atomic E-state index is 0.107. The Hall–Kier alpha value is -1.53. The van der Waals surface area contributed by atoms with Crippen molar-refractivity contribution in [1.29, 1.82) is 0 Å². The van der Waals surface area contributed by atoms with Gasteiger partial charge in [-0.15, -0.1) is 0 Å². The maximum Gasteiger partial charge on any atom is 0.314 e. The zero-order valence-electron chi connectivity index (χ0n) is 16.6. The molecule has 0 unspecified atom stereocenters. The van der Waals surface area contributed by atoms with Gasteiger partial charge in [0.1, 0.15) is 5.75 Å². The van der Waals surface area contributed by atoms with Crippen LogP contribution in [0.15, 0.2) is 51.4 Å². The predicted octanol–water partition coefficient (Wildman–Crippen LogP) is 5.82. The van der Waals surface area contributed by atoms with Crippen molar-refractivity contribution in [3.8, 4) is 5.75 Å². The molecule has 0 aromatic heterocycles. The van der Waals surface area contributed by atoms with E-state index < -0.39 is 0 Å². The Labute approximate surface area is 184 Å². The number of urea groups is 1. The summed E-state index contributed by atoms with van der Waals surface area (Å²) in [6.07, 6.45) is 1.55. The van der Waals surface area contributed by atoms with Gasteiger partial charge in [0.15, 0.2) is 0 Å². The summed E-state index contributed by atoms with van der Waals surface area (Å²) in [5.74, 6) is 0.826. The largest absolute Gasteiger partial charge is 0.492 e. The smallest absolute Gasteiger partial charge is 0.314 e. The van der Waals surface area contributed by atoms with Crippen molar-refractivity contribution in [3.63, 3.8) is 0 Å². The van der Waals surface area contributed by atoms with Crippen molar-refractivity contribution in [1.82, 2.24) is 10.6 Å². The molecule has 4 nitrogen and oxygen atoms in total. The minimum Gasteiger partial charge on any atom is -0.492 e. The van der Waals surface area contributed by atoms with E-state index in [0.717, 1.165) is 27.5 Å². The summed E-state index contributed by atoms with van der Waals surface area (Å²) in [6.45, 7) is 8.28. The topological polar surface area (TPSA) is 50.4 Å². The summed E-state index contributed by atoms with van der Waals surface area (Å²) in [4.78, 5) is 11.8. The number of hydrogen-bond acceptors (Lipinski definition) is 2. The summed E-state index contributed by atoms with van der Waals surface area (Å²) >= 11 is 6.99. The van der Waals surface area contributed by atoms with Crippen LogP contribution in [0.1, 0.15) is 38.3 Å². The standard InChI is InChI=1S/C22H28Br2N2O2/c1-22(2,3)17-7-10-20(19(24)15-17)28-14-4-12-25-21(27)26-13-11-16-5-8-18(23)9-6-16/h5-10,15H,4,11-14H2,1-3H3,(H2,25,26,27). The summed E-state index contributed by atoms with van der Waals surface area (Å²) in [7, 11) is 0. The molecule has 0 bridgehead atoms. The Kier molecular flexibility index (Phi) is 8.83. The predicted molar refractivity (Wildman–Crippen MR) is 122 cm³/mol. The molecular weight excluding hydrogens is 484 g/mol. The van der Waals surface area contributed by atoms with Gasteiger partial charge in [0.25, 0.3) is 0 Å². The molecule has 2 aromatic carbocycles. The van der Waals surface area contributed by atoms with Gasteiger partial charge in [-0.2, -0.15) is 0 Å². The molecule has 2 rings (SSSR count). The Bertz CT molecular complexity index is 771. The normalized spacial score (nSPS) is 11.2. The summed E-state index contributed by atoms with van der Waals surface area (Å²) in [6, 6.07) is 14.2. The molecule has 2 aromatic rings. The lowest BCUT2D eigenvalue weighted by molar-refractivity contribution is 0.239. The molecule has 0 saturated heterocycles. The number of halogens is 2. The molecule has 6 heteroatoms. The number of hydrogen-bond donors (Lipinski definition) is 2. The van der Waals surface area contributed by atoms with Gasteiger partial charge in [0.05, 0.1) is 11.1 Å². The number of carbonyl (C=O) groups is 1. The Morgan fingerprint density at radius 2 is 1.68 bits per heavy atom. The first-order chi connectivity index (χ1) is 13.3. The van der Waals surface area contributed by atoms with E-state index in [1.165, 1.54) is 11.1 Å². The molecule has 152 valence electrons. The van der Waals surface area contributed by atoms with Crippen molar-refractivity contribution in [2.75, 3.05) is 19.7 Å². The number of carbonyl (C=O) groups excluding carboxylic acids is 1. The van der Waals surface area contributed by atoms with E-state index >= 15 is 0 Å². The average Bonchev–Trinajstić information content (AvgIpc) is 2.63. The first kappa shape index (κ1) is 22.8. The number of nitrogens with one attached hydrogen (secondary N) is 2. The average molecular weight is 512 g/mol. The van der Waals surface area contributed by atoms with E-state index in [1.807, 2.05) is 30.3 Å². The third kappa shape index (κ3) is 7.84. The lowest BCUT2D eigenvalue weighted by atomic mass is 9.87. The van der Waals surface area contributed by atoms with E-state index in [1.54, 1.807) is 0 Å². The van der Waals surface area contributed by atoms with E-state index in [9.17, 15) is 4.79 Å². The molecule has 28 heavy (non-hydrogen) atoms. The molecule has 0 radical (unpaired) electrons. The van der Waals surface area contributed by atoms with Crippen LogP contribution in [-0.4, -0.2) is 25.7 Å². The van der Waals surface area contributed by atoms with Gasteiger partial charge in [-0.05, 0) is 69.6 Å². The third-order valence-corrected chi connectivity index (χ3v) is 5.42. The molecule has 0 fully saturated rings. The molecule has 0 aliphatic carbocycles. The fourth-order valence-electron chi connectivity index (χ4n) is 2.57. The fraction of sp³-hybridized carbons (Fsp3) is 0.409. The van der Waals surface area contributed by atoms with E-state index in [-0.39, 0.29) is 11.4 Å². The van der Waals surface area contributed by atoms with Gasteiger partial charge in [0.2, 0.25) is 0 Å². The van der Waals surface area contributed by atoms with Crippen molar-refractivity contribution in [2.45, 2.75) is 39.0 Å². The highest BCUT2D eigenvalue weighted by molar-refractivity contribution is 9.10. The second-order valence-electron chi connectivity index (χ2n) is 7.66. The van der Waals surface area contributed by atoms with Crippen molar-refractivity contribution >= 4 is 37.9 Å². The maximum absolute atomic E-state index is 11.8. The Morgan fingerprint density at radius 3 is 2.32 bits per heavy atom. The SMILES string of the molecule is CC(C)(C)c1ccc(OCCCNC(=O)NCCc2ccc(Br)cc2)c(Br)c1. The van der Waals surface area contributed by atoms with Crippen LogP contribution in [0.4, 0.5) is 4.79 Å². The first-order valence-electron chi connectivity index (χ1n) is 9.44. The zero-order valence-corrected chi connectivity index (χ0v) is 19.8. The highest BCUT2D eigenvalue weighted by Gasteiger charge is 2.15. The summed E-state index contributed by atoms with van der Waals surface area (Å²) in [5, 5.41) is 5.73. The lowest BCUT2D eigenvalue weighted by Crippen LogP contribution is -2.37. The lowest BCUT2D eigenvalue weighted by Gasteiger charge is -2.20. The molecule has 0 saturated carbocycles. The Morgan fingerprint density at radius 1 is 1.00 bits per heavy atom. The van der Waals surface area contributed by atoms with Crippen LogP contribution in [-0.2, 0) is 11.8 Å². The molecule has 2 N–H and O–H groups in total. The second kappa shape index (κ2) is 10.9. The number of ether oxygens (including phenoxy) is 1. The maximum atomic E-state index is 11.8. The summed E-state index contributed by atoms with van der Waals surface area (Å²) < 4.78 is 7.83. The molecular formula is C22H28Br2N2O2. The van der Waals surface area contributed by atoms with Crippen LogP contribution in [0, 0.1) is 0 Å². The number of rotatable bonds is 8. The van der Waals surface area contributed by atoms with Gasteiger partial charge in [0, 0.05) is 17.6 Å². The molecule has 0 atom stereocenters. The van der Waals surface area contributed by atoms with Crippen molar-refractivity contribution < 1.29 is 9.53 Å². The number of amides is 2. The van der Waals surface area contributed by atoms with Gasteiger partial charge >= 0.3 is 6.03 Å². The second-order valence-corrected chi connectivity index (χ2v) is 9.43. The van der Waals surface area contributed by atoms with Gasteiger partial charge in [-0.1, -0.05) is 54.9 Å². The van der Waals surface area contributed by atoms with E-state index in [0.29, 0.717) is 19.7 Å². The third-order valence-electron chi connectivity index (χ3n) is 4.27. The highest BCUT2D eigenvalue weighted by atomic mass is 79.9. The molecule has 0 heterocycles. The molecule has 0 spiro atoms. The zero-order chi connectivity index (χ0) is 20.6. The molecule has 0 aliphatic heterocycles. The first-order valence-corrected chi connectivity index (χ1v) is 11.0. The van der Waals surface area contributed by atoms with E-state index in [4.69, 9.17) is 4.74 Å². The summed E-state index contributed by atoms with van der Waals surface area (Å²) in [5.41, 5.74) is 2.56. The fourth-order valence-corrected chi connectivity index (χ4v) is 3.33. The quantitative estimate of drug-likeness (QED) is 0.438. The highest BCUT2D eigenvalue weighted by Crippen LogP contribution is 2.31. The van der Waals surface area contributed by atoms with Crippen LogP contribution in [0.2, 0.25) is 0 Å². The van der Waals surface area contributed by atoms with Crippen LogP contribution in [0.5, 0.6) is 5.75 Å². The van der Waals surface area contributed by atoms with Crippen LogP contribution < -0.4 is 15.4 Å².